The maximum absolute atomic E-state index is 12.8. The average Bonchev–Trinajstić information content (AvgIpc) is 3.13. The second-order valence-corrected chi connectivity index (χ2v) is 7.51. The summed E-state index contributed by atoms with van der Waals surface area (Å²) in [6, 6.07) is 7.81. The van der Waals surface area contributed by atoms with E-state index in [1.54, 1.807) is 20.0 Å². The third kappa shape index (κ3) is 7.32. The van der Waals surface area contributed by atoms with E-state index in [9.17, 15) is 14.4 Å². The number of H-pyrrole nitrogens is 1. The number of rotatable bonds is 10. The second-order valence-electron chi connectivity index (χ2n) is 7.51. The van der Waals surface area contributed by atoms with Crippen LogP contribution in [0.25, 0.3) is 0 Å². The highest BCUT2D eigenvalue weighted by molar-refractivity contribution is 5.89. The maximum Gasteiger partial charge on any atom is 0.243 e. The van der Waals surface area contributed by atoms with Crippen LogP contribution in [0.2, 0.25) is 0 Å². The number of amides is 2. The number of nitrogens with zero attached hydrogens (tertiary/aromatic N) is 1. The Kier molecular flexibility index (Phi) is 7.45. The van der Waals surface area contributed by atoms with Crippen molar-refractivity contribution in [3.63, 3.8) is 0 Å². The molecule has 2 atom stereocenters. The molecule has 2 rings (SSSR count). The van der Waals surface area contributed by atoms with E-state index in [0.29, 0.717) is 12.7 Å². The first-order valence-corrected chi connectivity index (χ1v) is 9.12. The van der Waals surface area contributed by atoms with Crippen LogP contribution in [0.5, 0.6) is 0 Å². The van der Waals surface area contributed by atoms with Gasteiger partial charge in [-0.05, 0) is 19.4 Å². The number of nitrogens with one attached hydrogen (secondary N) is 3. The Morgan fingerprint density at radius 2 is 1.93 bits per heavy atom. The molecule has 0 aliphatic rings. The summed E-state index contributed by atoms with van der Waals surface area (Å²) in [5, 5.41) is 5.44. The molecule has 28 heavy (non-hydrogen) atoms. The first-order chi connectivity index (χ1) is 13.3. The number of nitrogens with two attached hydrogens (primary N) is 1. The van der Waals surface area contributed by atoms with Gasteiger partial charge in [-0.15, -0.1) is 0 Å². The number of hydrogen-bond donors (Lipinski definition) is 4. The van der Waals surface area contributed by atoms with Gasteiger partial charge in [0, 0.05) is 36.7 Å². The highest BCUT2D eigenvalue weighted by Crippen LogP contribution is 2.07. The number of aromatic nitrogens is 2. The molecule has 8 nitrogen and oxygen atoms in total. The minimum Gasteiger partial charge on any atom is -0.348 e. The molecule has 150 valence electrons. The van der Waals surface area contributed by atoms with Crippen LogP contribution in [0.3, 0.4) is 0 Å². The molecule has 1 heterocycles. The Morgan fingerprint density at radius 3 is 2.50 bits per heavy atom. The minimum absolute atomic E-state index is 0.0802. The van der Waals surface area contributed by atoms with Gasteiger partial charge in [0.2, 0.25) is 11.8 Å². The molecule has 1 aromatic heterocycles. The van der Waals surface area contributed by atoms with E-state index in [1.807, 2.05) is 30.3 Å². The van der Waals surface area contributed by atoms with Crippen LogP contribution in [-0.2, 0) is 27.2 Å². The van der Waals surface area contributed by atoms with Gasteiger partial charge in [0.25, 0.3) is 0 Å². The quantitative estimate of drug-likeness (QED) is 0.442. The van der Waals surface area contributed by atoms with Crippen LogP contribution in [0.15, 0.2) is 42.9 Å². The minimum atomic E-state index is -0.818. The molecule has 1 aromatic carbocycles. The van der Waals surface area contributed by atoms with Crippen molar-refractivity contribution in [2.75, 3.05) is 0 Å². The van der Waals surface area contributed by atoms with Crippen molar-refractivity contribution in [1.82, 2.24) is 20.6 Å². The highest BCUT2D eigenvalue weighted by Gasteiger charge is 2.26. The predicted molar refractivity (Wildman–Crippen MR) is 105 cm³/mol. The lowest BCUT2D eigenvalue weighted by atomic mass is 10.0. The van der Waals surface area contributed by atoms with Gasteiger partial charge in [-0.1, -0.05) is 30.3 Å². The molecule has 0 spiro atoms. The smallest absolute Gasteiger partial charge is 0.243 e. The molecule has 5 N–H and O–H groups in total. The maximum atomic E-state index is 12.8. The van der Waals surface area contributed by atoms with E-state index in [2.05, 4.69) is 20.6 Å². The molecule has 0 saturated carbocycles. The molecule has 2 aromatic rings. The van der Waals surface area contributed by atoms with Gasteiger partial charge in [-0.2, -0.15) is 0 Å². The Balaban J connectivity index is 2.08. The number of carbonyl (C=O) groups excluding carboxylic acids is 3. The average molecular weight is 385 g/mol. The molecule has 0 saturated heterocycles. The number of imidazole rings is 1. The standard InChI is InChI=1S/C20H27N5O3/c1-20(2,21)10-18(27)25-17(8-14-6-4-3-5-7-14)19(28)24-16(12-26)9-15-11-22-13-23-15/h3-7,11-13,16-17H,8-10,21H2,1-2H3,(H,22,23)(H,24,28)(H,25,27)/t16-,17-/m0/s1. The lowest BCUT2D eigenvalue weighted by Gasteiger charge is -2.23. The topological polar surface area (TPSA) is 130 Å². The van der Waals surface area contributed by atoms with Crippen molar-refractivity contribution >= 4 is 18.1 Å². The summed E-state index contributed by atoms with van der Waals surface area (Å²) in [6.45, 7) is 3.48. The zero-order valence-corrected chi connectivity index (χ0v) is 16.1. The summed E-state index contributed by atoms with van der Waals surface area (Å²) >= 11 is 0. The molecule has 0 unspecified atom stereocenters. The van der Waals surface area contributed by atoms with E-state index < -0.39 is 23.5 Å². The van der Waals surface area contributed by atoms with E-state index in [4.69, 9.17) is 5.73 Å². The summed E-state index contributed by atoms with van der Waals surface area (Å²) in [4.78, 5) is 43.3. The Labute approximate surface area is 164 Å². The Morgan fingerprint density at radius 1 is 1.21 bits per heavy atom. The van der Waals surface area contributed by atoms with E-state index in [1.165, 1.54) is 6.33 Å². The highest BCUT2D eigenvalue weighted by atomic mass is 16.2. The van der Waals surface area contributed by atoms with Gasteiger partial charge in [0.15, 0.2) is 0 Å². The first-order valence-electron chi connectivity index (χ1n) is 9.12. The monoisotopic (exact) mass is 385 g/mol. The number of carbonyl (C=O) groups is 3. The number of hydrogen-bond acceptors (Lipinski definition) is 5. The van der Waals surface area contributed by atoms with E-state index in [0.717, 1.165) is 11.3 Å². The fourth-order valence-corrected chi connectivity index (χ4v) is 2.77. The lowest BCUT2D eigenvalue weighted by Crippen LogP contribution is -2.52. The molecule has 2 amide bonds. The largest absolute Gasteiger partial charge is 0.348 e. The number of benzene rings is 1. The third-order valence-electron chi connectivity index (χ3n) is 4.04. The molecule has 0 bridgehead atoms. The van der Waals surface area contributed by atoms with Crippen molar-refractivity contribution in [1.29, 1.82) is 0 Å². The van der Waals surface area contributed by atoms with Gasteiger partial charge in [-0.3, -0.25) is 9.59 Å². The summed E-state index contributed by atoms with van der Waals surface area (Å²) in [6.07, 6.45) is 4.44. The number of aromatic amines is 1. The van der Waals surface area contributed by atoms with Crippen LogP contribution < -0.4 is 16.4 Å². The predicted octanol–water partition coefficient (Wildman–Crippen LogP) is 0.491. The molecule has 0 aliphatic carbocycles. The molecule has 0 aliphatic heterocycles. The zero-order chi connectivity index (χ0) is 20.6. The van der Waals surface area contributed by atoms with Crippen LogP contribution in [-0.4, -0.2) is 45.7 Å². The molecule has 0 radical (unpaired) electrons. The van der Waals surface area contributed by atoms with Gasteiger partial charge in [-0.25, -0.2) is 4.98 Å². The van der Waals surface area contributed by atoms with Crippen LogP contribution in [0, 0.1) is 0 Å². The summed E-state index contributed by atoms with van der Waals surface area (Å²) < 4.78 is 0. The van der Waals surface area contributed by atoms with Crippen molar-refractivity contribution in [2.24, 2.45) is 5.73 Å². The fourth-order valence-electron chi connectivity index (χ4n) is 2.77. The summed E-state index contributed by atoms with van der Waals surface area (Å²) in [7, 11) is 0. The van der Waals surface area contributed by atoms with Crippen molar-refractivity contribution in [3.8, 4) is 0 Å². The van der Waals surface area contributed by atoms with Gasteiger partial charge >= 0.3 is 0 Å². The van der Waals surface area contributed by atoms with Crippen molar-refractivity contribution in [2.45, 2.75) is 50.7 Å². The molecular formula is C20H27N5O3. The van der Waals surface area contributed by atoms with Crippen LogP contribution in [0.4, 0.5) is 0 Å². The van der Waals surface area contributed by atoms with Gasteiger partial charge in [0.1, 0.15) is 12.3 Å². The van der Waals surface area contributed by atoms with Crippen molar-refractivity contribution in [3.05, 3.63) is 54.1 Å². The number of aldehydes is 1. The fraction of sp³-hybridized carbons (Fsp3) is 0.400. The summed E-state index contributed by atoms with van der Waals surface area (Å²) in [5.74, 6) is -0.747. The Bertz CT molecular complexity index is 769. The second kappa shape index (κ2) is 9.80. The SMILES string of the molecule is CC(C)(N)CC(=O)N[C@@H](Cc1ccccc1)C(=O)N[C@H](C=O)Cc1cnc[nH]1. The zero-order valence-electron chi connectivity index (χ0n) is 16.1. The molecule has 0 fully saturated rings. The normalized spacial score (nSPS) is 13.4. The van der Waals surface area contributed by atoms with Gasteiger partial charge < -0.3 is 26.1 Å². The molecule has 8 heteroatoms. The molecular weight excluding hydrogens is 358 g/mol. The summed E-state index contributed by atoms with van der Waals surface area (Å²) in [5.41, 5.74) is 6.83. The first kappa shape index (κ1) is 21.3. The lowest BCUT2D eigenvalue weighted by molar-refractivity contribution is -0.130. The van der Waals surface area contributed by atoms with Crippen molar-refractivity contribution < 1.29 is 14.4 Å². The van der Waals surface area contributed by atoms with Crippen LogP contribution in [0.1, 0.15) is 31.5 Å². The van der Waals surface area contributed by atoms with Crippen LogP contribution >= 0.6 is 0 Å². The van der Waals surface area contributed by atoms with Gasteiger partial charge in [0.05, 0.1) is 12.4 Å². The van der Waals surface area contributed by atoms with E-state index >= 15 is 0 Å². The third-order valence-corrected chi connectivity index (χ3v) is 4.04. The van der Waals surface area contributed by atoms with E-state index in [-0.39, 0.29) is 18.7 Å². The Hall–Kier alpha value is -3.00.